The van der Waals surface area contributed by atoms with Gasteiger partial charge in [0, 0.05) is 24.7 Å². The number of anilines is 1. The molecule has 0 aliphatic carbocycles. The molecule has 1 heterocycles. The number of hydrogen-bond acceptors (Lipinski definition) is 4. The molecule has 0 radical (unpaired) electrons. The van der Waals surface area contributed by atoms with Crippen LogP contribution >= 0.6 is 0 Å². The molecule has 1 aliphatic heterocycles. The fraction of sp³-hybridized carbons (Fsp3) is 0.316. The standard InChI is InChI=1S/C19H22N2O4S/c1-3-25-17-8-6-16(7-9-17)21-13-15(12-19(21)22)20-26(23,24)18-10-4-14(2)5-11-18/h4-11,15,20H,3,12-13H2,1-2H3. The lowest BCUT2D eigenvalue weighted by atomic mass is 10.2. The molecule has 0 bridgehead atoms. The van der Waals surface area contributed by atoms with Gasteiger partial charge in [-0.3, -0.25) is 4.79 Å². The average molecular weight is 374 g/mol. The lowest BCUT2D eigenvalue weighted by Gasteiger charge is -2.18. The van der Waals surface area contributed by atoms with E-state index >= 15 is 0 Å². The third-order valence-corrected chi connectivity index (χ3v) is 5.77. The van der Waals surface area contributed by atoms with Crippen molar-refractivity contribution >= 4 is 21.6 Å². The van der Waals surface area contributed by atoms with Crippen molar-refractivity contribution in [3.8, 4) is 5.75 Å². The molecule has 1 fully saturated rings. The average Bonchev–Trinajstić information content (AvgIpc) is 2.96. The number of amides is 1. The Morgan fingerprint density at radius 3 is 2.38 bits per heavy atom. The molecule has 2 aromatic carbocycles. The summed E-state index contributed by atoms with van der Waals surface area (Å²) >= 11 is 0. The summed E-state index contributed by atoms with van der Waals surface area (Å²) < 4.78 is 33.1. The topological polar surface area (TPSA) is 75.7 Å². The molecule has 138 valence electrons. The third kappa shape index (κ3) is 4.05. The van der Waals surface area contributed by atoms with Crippen molar-refractivity contribution in [2.45, 2.75) is 31.2 Å². The van der Waals surface area contributed by atoms with E-state index in [-0.39, 0.29) is 17.2 Å². The highest BCUT2D eigenvalue weighted by atomic mass is 32.2. The predicted molar refractivity (Wildman–Crippen MR) is 99.9 cm³/mol. The number of sulfonamides is 1. The van der Waals surface area contributed by atoms with Gasteiger partial charge in [-0.15, -0.1) is 0 Å². The number of nitrogens with one attached hydrogen (secondary N) is 1. The number of carbonyl (C=O) groups excluding carboxylic acids is 1. The maximum atomic E-state index is 12.5. The molecule has 0 saturated carbocycles. The van der Waals surface area contributed by atoms with Gasteiger partial charge < -0.3 is 9.64 Å². The number of benzene rings is 2. The summed E-state index contributed by atoms with van der Waals surface area (Å²) in [6.07, 6.45) is 0.137. The molecule has 1 atom stereocenters. The van der Waals surface area contributed by atoms with E-state index < -0.39 is 16.1 Å². The number of rotatable bonds is 6. The first-order valence-electron chi connectivity index (χ1n) is 8.51. The molecule has 2 aromatic rings. The molecule has 6 nitrogen and oxygen atoms in total. The maximum absolute atomic E-state index is 12.5. The van der Waals surface area contributed by atoms with Crippen molar-refractivity contribution in [3.05, 3.63) is 54.1 Å². The summed E-state index contributed by atoms with van der Waals surface area (Å²) in [4.78, 5) is 14.1. The van der Waals surface area contributed by atoms with Gasteiger partial charge in [0.25, 0.3) is 0 Å². The lowest BCUT2D eigenvalue weighted by molar-refractivity contribution is -0.117. The SMILES string of the molecule is CCOc1ccc(N2CC(NS(=O)(=O)c3ccc(C)cc3)CC2=O)cc1. The van der Waals surface area contributed by atoms with Crippen molar-refractivity contribution in [1.82, 2.24) is 4.72 Å². The Balaban J connectivity index is 1.70. The predicted octanol–water partition coefficient (Wildman–Crippen LogP) is 2.48. The molecular formula is C19H22N2O4S. The van der Waals surface area contributed by atoms with Gasteiger partial charge >= 0.3 is 0 Å². The Hall–Kier alpha value is -2.38. The summed E-state index contributed by atoms with van der Waals surface area (Å²) in [6, 6.07) is 13.4. The van der Waals surface area contributed by atoms with Gasteiger partial charge in [-0.25, -0.2) is 13.1 Å². The molecule has 3 rings (SSSR count). The minimum Gasteiger partial charge on any atom is -0.494 e. The summed E-state index contributed by atoms with van der Waals surface area (Å²) in [5.74, 6) is 0.630. The molecule has 1 aliphatic rings. The highest BCUT2D eigenvalue weighted by molar-refractivity contribution is 7.89. The fourth-order valence-corrected chi connectivity index (χ4v) is 4.16. The summed E-state index contributed by atoms with van der Waals surface area (Å²) in [5, 5.41) is 0. The van der Waals surface area contributed by atoms with Gasteiger partial charge in [-0.05, 0) is 50.2 Å². The van der Waals surface area contributed by atoms with Crippen molar-refractivity contribution in [2.24, 2.45) is 0 Å². The van der Waals surface area contributed by atoms with Crippen molar-refractivity contribution in [2.75, 3.05) is 18.1 Å². The van der Waals surface area contributed by atoms with Gasteiger partial charge in [0.2, 0.25) is 15.9 Å². The Labute approximate surface area is 153 Å². The lowest BCUT2D eigenvalue weighted by Crippen LogP contribution is -2.37. The van der Waals surface area contributed by atoms with Crippen LogP contribution < -0.4 is 14.4 Å². The zero-order valence-electron chi connectivity index (χ0n) is 14.8. The molecule has 1 saturated heterocycles. The summed E-state index contributed by atoms with van der Waals surface area (Å²) in [7, 11) is -3.65. The van der Waals surface area contributed by atoms with Gasteiger partial charge in [0.05, 0.1) is 11.5 Å². The van der Waals surface area contributed by atoms with Crippen molar-refractivity contribution in [3.63, 3.8) is 0 Å². The highest BCUT2D eigenvalue weighted by Gasteiger charge is 2.33. The monoisotopic (exact) mass is 374 g/mol. The van der Waals surface area contributed by atoms with E-state index in [0.29, 0.717) is 13.2 Å². The molecule has 26 heavy (non-hydrogen) atoms. The molecule has 1 N–H and O–H groups in total. The molecule has 0 aromatic heterocycles. The minimum absolute atomic E-state index is 0.106. The van der Waals surface area contributed by atoms with Crippen molar-refractivity contribution in [1.29, 1.82) is 0 Å². The first kappa shape index (κ1) is 18.4. The number of nitrogens with zero attached hydrogens (tertiary/aromatic N) is 1. The van der Waals surface area contributed by atoms with E-state index in [2.05, 4.69) is 4.72 Å². The van der Waals surface area contributed by atoms with E-state index in [1.165, 1.54) is 0 Å². The van der Waals surface area contributed by atoms with Crippen molar-refractivity contribution < 1.29 is 17.9 Å². The number of aryl methyl sites for hydroxylation is 1. The summed E-state index contributed by atoms with van der Waals surface area (Å²) in [6.45, 7) is 4.68. The number of ether oxygens (including phenoxy) is 1. The third-order valence-electron chi connectivity index (χ3n) is 4.24. The Morgan fingerprint density at radius 2 is 1.77 bits per heavy atom. The minimum atomic E-state index is -3.65. The fourth-order valence-electron chi connectivity index (χ4n) is 2.93. The van der Waals surface area contributed by atoms with Crippen LogP contribution in [-0.2, 0) is 14.8 Å². The van der Waals surface area contributed by atoms with Crippen LogP contribution in [0.25, 0.3) is 0 Å². The molecule has 1 unspecified atom stereocenters. The van der Waals surface area contributed by atoms with Crippen LogP contribution in [0, 0.1) is 6.92 Å². The molecule has 1 amide bonds. The van der Waals surface area contributed by atoms with Crippen LogP contribution in [0.5, 0.6) is 5.75 Å². The molecule has 0 spiro atoms. The van der Waals surface area contributed by atoms with E-state index in [1.807, 2.05) is 13.8 Å². The quantitative estimate of drug-likeness (QED) is 0.843. The van der Waals surface area contributed by atoms with Crippen LogP contribution in [-0.4, -0.2) is 33.5 Å². The maximum Gasteiger partial charge on any atom is 0.240 e. The number of hydrogen-bond donors (Lipinski definition) is 1. The van der Waals surface area contributed by atoms with Crippen LogP contribution in [0.15, 0.2) is 53.4 Å². The van der Waals surface area contributed by atoms with E-state index in [0.717, 1.165) is 17.0 Å². The van der Waals surface area contributed by atoms with Gasteiger partial charge in [-0.2, -0.15) is 0 Å². The van der Waals surface area contributed by atoms with Crippen LogP contribution in [0.2, 0.25) is 0 Å². The van der Waals surface area contributed by atoms with Gasteiger partial charge in [0.15, 0.2) is 0 Å². The second-order valence-corrected chi connectivity index (χ2v) is 7.98. The van der Waals surface area contributed by atoms with Crippen LogP contribution in [0.3, 0.4) is 0 Å². The zero-order valence-corrected chi connectivity index (χ0v) is 15.6. The Kier molecular flexibility index (Phi) is 5.29. The zero-order chi connectivity index (χ0) is 18.7. The second kappa shape index (κ2) is 7.47. The molecular weight excluding hydrogens is 352 g/mol. The normalized spacial score (nSPS) is 17.5. The van der Waals surface area contributed by atoms with Crippen LogP contribution in [0.4, 0.5) is 5.69 Å². The van der Waals surface area contributed by atoms with E-state index in [4.69, 9.17) is 4.74 Å². The van der Waals surface area contributed by atoms with Gasteiger partial charge in [-0.1, -0.05) is 17.7 Å². The Bertz CT molecular complexity index is 877. The molecule has 7 heteroatoms. The highest BCUT2D eigenvalue weighted by Crippen LogP contribution is 2.25. The second-order valence-electron chi connectivity index (χ2n) is 6.27. The number of carbonyl (C=O) groups is 1. The van der Waals surface area contributed by atoms with Gasteiger partial charge in [0.1, 0.15) is 5.75 Å². The van der Waals surface area contributed by atoms with Crippen LogP contribution in [0.1, 0.15) is 18.9 Å². The largest absolute Gasteiger partial charge is 0.494 e. The summed E-state index contributed by atoms with van der Waals surface area (Å²) in [5.41, 5.74) is 1.72. The van der Waals surface area contributed by atoms with E-state index in [9.17, 15) is 13.2 Å². The first-order chi connectivity index (χ1) is 12.4. The van der Waals surface area contributed by atoms with E-state index in [1.54, 1.807) is 53.4 Å². The Morgan fingerprint density at radius 1 is 1.12 bits per heavy atom. The smallest absolute Gasteiger partial charge is 0.240 e. The first-order valence-corrected chi connectivity index (χ1v) is 9.99.